The molecule has 0 spiro atoms. The van der Waals surface area contributed by atoms with Crippen molar-refractivity contribution >= 4 is 11.7 Å². The van der Waals surface area contributed by atoms with Gasteiger partial charge >= 0.3 is 23.0 Å². The molecule has 0 heterocycles. The number of anilines is 1. The average molecular weight is 301 g/mol. The first-order valence-electron chi connectivity index (χ1n) is 6.04. The molecule has 0 aromatic heterocycles. The van der Waals surface area contributed by atoms with Gasteiger partial charge in [0.15, 0.2) is 0 Å². The third-order valence-electron chi connectivity index (χ3n) is 2.70. The van der Waals surface area contributed by atoms with E-state index in [1.54, 1.807) is 6.92 Å². The summed E-state index contributed by atoms with van der Waals surface area (Å²) in [5, 5.41) is 8.84. The van der Waals surface area contributed by atoms with E-state index in [4.69, 9.17) is 5.11 Å². The quantitative estimate of drug-likeness (QED) is 0.697. The number of carboxylic acids is 1. The Morgan fingerprint density at radius 1 is 1.26 bits per heavy atom. The normalized spacial score (nSPS) is 10.6. The molecular weight excluding hydrogens is 282 g/mol. The first-order valence-corrected chi connectivity index (χ1v) is 6.04. The van der Waals surface area contributed by atoms with Gasteiger partial charge in [-0.2, -0.15) is 30.3 Å². The number of carboxylic acid groups (broad SMARTS) is 1. The number of likely N-dealkylation sites (N-methyl/N-ethyl adjacent to an activating group) is 1. The standard InChI is InChI=1S/C10H14NO2.C5H5.Fe/c1-3-11(8(2)10(12)13)9-6-4-5-7-9;1-2-4-5-3-1;/h4-8H,3H2,1-2H3,(H,12,13);1-5H;/q2*-1;+2/t8-;;/m0../s1. The van der Waals surface area contributed by atoms with Crippen LogP contribution in [0.2, 0.25) is 0 Å². The molecule has 1 N–H and O–H groups in total. The minimum Gasteiger partial charge on any atom is -0.480 e. The summed E-state index contributed by atoms with van der Waals surface area (Å²) in [6, 6.07) is 17.2. The second-order valence-corrected chi connectivity index (χ2v) is 3.91. The zero-order valence-electron chi connectivity index (χ0n) is 11.1. The van der Waals surface area contributed by atoms with Crippen LogP contribution in [0.25, 0.3) is 0 Å². The first-order chi connectivity index (χ1) is 8.66. The van der Waals surface area contributed by atoms with Gasteiger partial charge in [-0.15, -0.1) is 0 Å². The third-order valence-corrected chi connectivity index (χ3v) is 2.70. The zero-order valence-corrected chi connectivity index (χ0v) is 12.2. The van der Waals surface area contributed by atoms with Crippen LogP contribution in [0.3, 0.4) is 0 Å². The second kappa shape index (κ2) is 9.42. The van der Waals surface area contributed by atoms with E-state index in [1.165, 1.54) is 0 Å². The van der Waals surface area contributed by atoms with Crippen LogP contribution in [0.4, 0.5) is 5.69 Å². The minimum atomic E-state index is -0.789. The van der Waals surface area contributed by atoms with Crippen molar-refractivity contribution in [1.29, 1.82) is 0 Å². The van der Waals surface area contributed by atoms with Crippen LogP contribution in [0.5, 0.6) is 0 Å². The van der Waals surface area contributed by atoms with Crippen molar-refractivity contribution in [2.45, 2.75) is 19.9 Å². The summed E-state index contributed by atoms with van der Waals surface area (Å²) in [6.45, 7) is 4.35. The van der Waals surface area contributed by atoms with Crippen LogP contribution in [-0.2, 0) is 21.9 Å². The average Bonchev–Trinajstić information content (AvgIpc) is 3.05. The van der Waals surface area contributed by atoms with Crippen LogP contribution in [0.15, 0.2) is 54.6 Å². The molecule has 2 aromatic carbocycles. The van der Waals surface area contributed by atoms with Gasteiger partial charge in [0.1, 0.15) is 6.04 Å². The molecule has 19 heavy (non-hydrogen) atoms. The van der Waals surface area contributed by atoms with Crippen molar-refractivity contribution in [3.8, 4) is 0 Å². The summed E-state index contributed by atoms with van der Waals surface area (Å²) in [5.74, 6) is -0.789. The van der Waals surface area contributed by atoms with E-state index in [9.17, 15) is 4.79 Å². The van der Waals surface area contributed by atoms with Crippen molar-refractivity contribution in [1.82, 2.24) is 0 Å². The first kappa shape index (κ1) is 17.5. The Kier molecular flexibility index (Phi) is 8.67. The van der Waals surface area contributed by atoms with Gasteiger partial charge in [-0.3, -0.25) is 4.79 Å². The van der Waals surface area contributed by atoms with Crippen LogP contribution >= 0.6 is 0 Å². The molecule has 4 heteroatoms. The minimum absolute atomic E-state index is 0. The molecule has 0 aliphatic rings. The number of carbonyl (C=O) groups is 1. The van der Waals surface area contributed by atoms with E-state index >= 15 is 0 Å². The number of hydrogen-bond donors (Lipinski definition) is 1. The van der Waals surface area contributed by atoms with E-state index < -0.39 is 12.0 Å². The fourth-order valence-electron chi connectivity index (χ4n) is 1.69. The van der Waals surface area contributed by atoms with E-state index in [1.807, 2.05) is 66.4 Å². The maximum atomic E-state index is 10.8. The SMILES string of the molecule is CCN([c-]1cccc1)[C@@H](C)C(=O)O.[Fe+2].c1cc[cH-]c1. The van der Waals surface area contributed by atoms with Crippen molar-refractivity contribution < 1.29 is 27.0 Å². The van der Waals surface area contributed by atoms with Gasteiger partial charge in [-0.1, -0.05) is 5.69 Å². The van der Waals surface area contributed by atoms with Gasteiger partial charge in [-0.05, 0) is 13.8 Å². The topological polar surface area (TPSA) is 40.5 Å². The number of hydrogen-bond acceptors (Lipinski definition) is 2. The summed E-state index contributed by atoms with van der Waals surface area (Å²) >= 11 is 0. The summed E-state index contributed by atoms with van der Waals surface area (Å²) in [7, 11) is 0. The fraction of sp³-hybridized carbons (Fsp3) is 0.267. The van der Waals surface area contributed by atoms with E-state index in [0.717, 1.165) is 5.69 Å². The van der Waals surface area contributed by atoms with Gasteiger partial charge in [0.2, 0.25) is 0 Å². The Labute approximate surface area is 125 Å². The third kappa shape index (κ3) is 5.77. The molecule has 0 aliphatic heterocycles. The Morgan fingerprint density at radius 3 is 2.11 bits per heavy atom. The van der Waals surface area contributed by atoms with Crippen LogP contribution < -0.4 is 4.90 Å². The second-order valence-electron chi connectivity index (χ2n) is 3.91. The summed E-state index contributed by atoms with van der Waals surface area (Å²) in [6.07, 6.45) is 0. The van der Waals surface area contributed by atoms with Crippen LogP contribution in [0.1, 0.15) is 13.8 Å². The number of nitrogens with zero attached hydrogens (tertiary/aromatic N) is 1. The fourth-order valence-corrected chi connectivity index (χ4v) is 1.69. The largest absolute Gasteiger partial charge is 2.00 e. The molecule has 2 aromatic rings. The molecule has 104 valence electrons. The molecular formula is C15H19FeNO2. The van der Waals surface area contributed by atoms with Gasteiger partial charge < -0.3 is 10.0 Å². The summed E-state index contributed by atoms with van der Waals surface area (Å²) in [5.41, 5.74) is 0.970. The Balaban J connectivity index is 0.000000454. The number of aliphatic carboxylic acids is 1. The van der Waals surface area contributed by atoms with Crippen LogP contribution in [-0.4, -0.2) is 23.7 Å². The molecule has 0 unspecified atom stereocenters. The Bertz CT molecular complexity index is 406. The summed E-state index contributed by atoms with van der Waals surface area (Å²) in [4.78, 5) is 12.6. The Hall–Kier alpha value is -1.51. The summed E-state index contributed by atoms with van der Waals surface area (Å²) < 4.78 is 0. The molecule has 2 rings (SSSR count). The zero-order chi connectivity index (χ0) is 13.4. The smallest absolute Gasteiger partial charge is 0.480 e. The van der Waals surface area contributed by atoms with Crippen LogP contribution in [0, 0.1) is 0 Å². The molecule has 0 fully saturated rings. The Morgan fingerprint density at radius 2 is 1.79 bits per heavy atom. The molecule has 0 bridgehead atoms. The monoisotopic (exact) mass is 301 g/mol. The van der Waals surface area contributed by atoms with Gasteiger partial charge in [0.25, 0.3) is 0 Å². The van der Waals surface area contributed by atoms with E-state index in [0.29, 0.717) is 6.54 Å². The van der Waals surface area contributed by atoms with Crippen molar-refractivity contribution in [3.63, 3.8) is 0 Å². The molecule has 0 radical (unpaired) electrons. The molecule has 0 aliphatic carbocycles. The van der Waals surface area contributed by atoms with Gasteiger partial charge in [0, 0.05) is 6.54 Å². The van der Waals surface area contributed by atoms with E-state index in [2.05, 4.69) is 0 Å². The van der Waals surface area contributed by atoms with Crippen molar-refractivity contribution in [2.75, 3.05) is 11.4 Å². The molecule has 0 amide bonds. The molecule has 1 atom stereocenters. The van der Waals surface area contributed by atoms with E-state index in [-0.39, 0.29) is 17.1 Å². The van der Waals surface area contributed by atoms with Gasteiger partial charge in [-0.25, -0.2) is 24.3 Å². The number of rotatable bonds is 4. The maximum Gasteiger partial charge on any atom is 2.00 e. The maximum absolute atomic E-state index is 10.8. The van der Waals surface area contributed by atoms with Crippen molar-refractivity contribution in [3.05, 3.63) is 54.6 Å². The predicted octanol–water partition coefficient (Wildman–Crippen LogP) is 3.11. The van der Waals surface area contributed by atoms with Gasteiger partial charge in [0.05, 0.1) is 0 Å². The molecule has 0 saturated carbocycles. The molecule has 0 saturated heterocycles. The van der Waals surface area contributed by atoms with Crippen molar-refractivity contribution in [2.24, 2.45) is 0 Å². The molecule has 3 nitrogen and oxygen atoms in total. The predicted molar refractivity (Wildman–Crippen MR) is 74.2 cm³/mol.